The Balaban J connectivity index is 1.38. The zero-order valence-corrected chi connectivity index (χ0v) is 26.1. The highest BCUT2D eigenvalue weighted by atomic mass is 28.4. The molecule has 3 amide bonds. The highest BCUT2D eigenvalue weighted by Gasteiger charge is 2.67. The number of amides is 3. The zero-order chi connectivity index (χ0) is 30.7. The number of carbonyl (C=O) groups is 3. The molecular weight excluding hydrogens is 565 g/mol. The molecule has 1 spiro atoms. The molecule has 2 aromatic carbocycles. The van der Waals surface area contributed by atoms with E-state index in [9.17, 15) is 19.5 Å². The van der Waals surface area contributed by atoms with Gasteiger partial charge in [0.1, 0.15) is 0 Å². The van der Waals surface area contributed by atoms with Crippen molar-refractivity contribution in [3.63, 3.8) is 0 Å². The third kappa shape index (κ3) is 4.74. The van der Waals surface area contributed by atoms with E-state index >= 15 is 4.11 Å². The number of benzene rings is 2. The summed E-state index contributed by atoms with van der Waals surface area (Å²) in [6.45, 7) is 9.96. The summed E-state index contributed by atoms with van der Waals surface area (Å²) >= 11 is 0. The summed E-state index contributed by atoms with van der Waals surface area (Å²) in [5.74, 6) is -1.05. The molecule has 2 aromatic rings. The molecule has 0 radical (unpaired) electrons. The van der Waals surface area contributed by atoms with Gasteiger partial charge in [-0.15, -0.1) is 6.58 Å². The second-order valence-corrected chi connectivity index (χ2v) is 16.7. The first-order chi connectivity index (χ1) is 20.5. The van der Waals surface area contributed by atoms with Crippen LogP contribution in [-0.2, 0) is 37.7 Å². The van der Waals surface area contributed by atoms with E-state index in [1.807, 2.05) is 49.4 Å². The minimum atomic E-state index is -3.49. The van der Waals surface area contributed by atoms with Gasteiger partial charge in [0.15, 0.2) is 5.60 Å². The molecule has 0 aliphatic carbocycles. The average molecular weight is 606 g/mol. The molecule has 4 heterocycles. The van der Waals surface area contributed by atoms with Gasteiger partial charge in [-0.25, -0.2) is 0 Å². The van der Waals surface area contributed by atoms with Gasteiger partial charge in [-0.1, -0.05) is 37.3 Å². The highest BCUT2D eigenvalue weighted by molar-refractivity contribution is 6.72. The maximum Gasteiger partial charge on any atom is 0.264 e. The minimum Gasteiger partial charge on any atom is -0.394 e. The highest BCUT2D eigenvalue weighted by Crippen LogP contribution is 2.60. The number of rotatable bonds is 7. The van der Waals surface area contributed by atoms with Gasteiger partial charge in [-0.2, -0.15) is 0 Å². The lowest BCUT2D eigenvalue weighted by Gasteiger charge is -2.37. The molecular formula is C33H40FN3O5Si. The van der Waals surface area contributed by atoms with Crippen LogP contribution in [0.2, 0.25) is 18.6 Å². The number of carbonyl (C=O) groups excluding carboxylic acids is 3. The Morgan fingerprint density at radius 2 is 1.95 bits per heavy atom. The van der Waals surface area contributed by atoms with E-state index in [1.54, 1.807) is 33.9 Å². The van der Waals surface area contributed by atoms with Crippen molar-refractivity contribution in [2.45, 2.75) is 75.5 Å². The Bertz CT molecular complexity index is 1480. The minimum absolute atomic E-state index is 0.0295. The summed E-state index contributed by atoms with van der Waals surface area (Å²) < 4.78 is 23.1. The lowest BCUT2D eigenvalue weighted by molar-refractivity contribution is -0.150. The van der Waals surface area contributed by atoms with Crippen LogP contribution in [0.3, 0.4) is 0 Å². The monoisotopic (exact) mass is 605 g/mol. The SMILES string of the molecule is C=CCN1C(=O)[C@]2(O[C@H](CC(=O)N3Cc4ccccc4C[C@H]3CO)[C@@H]([Si](C)(C)F)[C@@H]2C)c2cc(N3CCCC3=O)ccc21. The van der Waals surface area contributed by atoms with Crippen LogP contribution in [0.5, 0.6) is 0 Å². The van der Waals surface area contributed by atoms with Crippen molar-refractivity contribution in [2.75, 3.05) is 29.5 Å². The maximum absolute atomic E-state index is 16.3. The summed E-state index contributed by atoms with van der Waals surface area (Å²) in [7, 11) is -3.49. The third-order valence-corrected chi connectivity index (χ3v) is 12.4. The number of ether oxygens (including phenoxy) is 1. The Kier molecular flexibility index (Phi) is 7.59. The second-order valence-electron chi connectivity index (χ2n) is 12.9. The van der Waals surface area contributed by atoms with Crippen LogP contribution in [0.25, 0.3) is 0 Å². The predicted octanol–water partition coefficient (Wildman–Crippen LogP) is 4.46. The van der Waals surface area contributed by atoms with Gasteiger partial charge in [0.05, 0.1) is 30.9 Å². The summed E-state index contributed by atoms with van der Waals surface area (Å²) in [6.07, 6.45) is 2.50. The molecule has 10 heteroatoms. The van der Waals surface area contributed by atoms with Crippen LogP contribution in [0.15, 0.2) is 55.1 Å². The van der Waals surface area contributed by atoms with Crippen LogP contribution >= 0.6 is 0 Å². The quantitative estimate of drug-likeness (QED) is 0.286. The third-order valence-electron chi connectivity index (χ3n) is 9.90. The van der Waals surface area contributed by atoms with E-state index in [0.717, 1.165) is 17.5 Å². The molecule has 228 valence electrons. The van der Waals surface area contributed by atoms with Crippen molar-refractivity contribution in [1.29, 1.82) is 0 Å². The van der Waals surface area contributed by atoms with Gasteiger partial charge in [0.25, 0.3) is 5.91 Å². The molecule has 4 aliphatic heterocycles. The van der Waals surface area contributed by atoms with Gasteiger partial charge in [-0.05, 0) is 55.3 Å². The van der Waals surface area contributed by atoms with Crippen molar-refractivity contribution >= 4 is 37.5 Å². The molecule has 5 atom stereocenters. The molecule has 2 saturated heterocycles. The van der Waals surface area contributed by atoms with Crippen LogP contribution in [-0.4, -0.2) is 68.0 Å². The van der Waals surface area contributed by atoms with E-state index in [0.29, 0.717) is 42.9 Å². The number of anilines is 2. The van der Waals surface area contributed by atoms with Crippen molar-refractivity contribution in [1.82, 2.24) is 4.90 Å². The number of nitrogens with zero attached hydrogens (tertiary/aromatic N) is 3. The lowest BCUT2D eigenvalue weighted by atomic mass is 9.82. The molecule has 6 rings (SSSR count). The number of hydrogen-bond acceptors (Lipinski definition) is 5. The molecule has 0 saturated carbocycles. The van der Waals surface area contributed by atoms with Gasteiger partial charge in [0, 0.05) is 48.8 Å². The zero-order valence-electron chi connectivity index (χ0n) is 25.1. The smallest absolute Gasteiger partial charge is 0.264 e. The van der Waals surface area contributed by atoms with Gasteiger partial charge in [-0.3, -0.25) is 14.4 Å². The van der Waals surface area contributed by atoms with E-state index in [4.69, 9.17) is 4.74 Å². The Hall–Kier alpha value is -3.34. The molecule has 0 unspecified atom stereocenters. The second kappa shape index (κ2) is 11.0. The topological polar surface area (TPSA) is 90.4 Å². The fourth-order valence-electron chi connectivity index (χ4n) is 7.97. The van der Waals surface area contributed by atoms with Crippen LogP contribution in [0.4, 0.5) is 15.5 Å². The number of aliphatic hydroxyl groups is 1. The summed E-state index contributed by atoms with van der Waals surface area (Å²) in [5, 5.41) is 10.2. The van der Waals surface area contributed by atoms with Crippen molar-refractivity contribution < 1.29 is 28.3 Å². The normalized spacial score (nSPS) is 28.5. The average Bonchev–Trinajstić information content (AvgIpc) is 3.61. The molecule has 4 aliphatic rings. The van der Waals surface area contributed by atoms with Gasteiger partial charge < -0.3 is 28.7 Å². The standard InChI is InChI=1S/C33H40FN3O5Si/c1-5-14-36-27-13-12-24(35-15-8-11-29(35)39)17-26(27)33(32(36)41)21(2)31(43(3,4)34)28(42-33)18-30(40)37-19-23-10-7-6-9-22(23)16-25(37)20-38/h5-7,9-10,12-13,17,21,25,28,31,38H,1,8,11,14-16,18-20H2,2-4H3/t21-,25-,28+,31-,33+/m0/s1. The van der Waals surface area contributed by atoms with Crippen molar-refractivity contribution in [3.8, 4) is 0 Å². The summed E-state index contributed by atoms with van der Waals surface area (Å²) in [5.41, 5.74) is 1.96. The number of halogens is 1. The Morgan fingerprint density at radius 1 is 1.21 bits per heavy atom. The molecule has 43 heavy (non-hydrogen) atoms. The fraction of sp³-hybridized carbons (Fsp3) is 0.485. The van der Waals surface area contributed by atoms with Gasteiger partial charge >= 0.3 is 0 Å². The summed E-state index contributed by atoms with van der Waals surface area (Å²) in [4.78, 5) is 45.9. The molecule has 0 aromatic heterocycles. The first kappa shape index (κ1) is 29.7. The van der Waals surface area contributed by atoms with E-state index in [-0.39, 0.29) is 43.3 Å². The van der Waals surface area contributed by atoms with Crippen LogP contribution < -0.4 is 9.80 Å². The first-order valence-corrected chi connectivity index (χ1v) is 18.2. The summed E-state index contributed by atoms with van der Waals surface area (Å²) in [6, 6.07) is 13.0. The molecule has 2 fully saturated rings. The Morgan fingerprint density at radius 3 is 2.60 bits per heavy atom. The van der Waals surface area contributed by atoms with Crippen molar-refractivity contribution in [2.24, 2.45) is 5.92 Å². The predicted molar refractivity (Wildman–Crippen MR) is 165 cm³/mol. The largest absolute Gasteiger partial charge is 0.394 e. The molecule has 8 nitrogen and oxygen atoms in total. The Labute approximate surface area is 253 Å². The van der Waals surface area contributed by atoms with E-state index in [1.165, 1.54) is 0 Å². The number of aliphatic hydroxyl groups excluding tert-OH is 1. The molecule has 0 bridgehead atoms. The van der Waals surface area contributed by atoms with E-state index in [2.05, 4.69) is 6.58 Å². The number of fused-ring (bicyclic) bond motifs is 3. The van der Waals surface area contributed by atoms with E-state index < -0.39 is 31.6 Å². The molecule has 1 N–H and O–H groups in total. The van der Waals surface area contributed by atoms with Gasteiger partial charge in [0.2, 0.25) is 20.2 Å². The first-order valence-electron chi connectivity index (χ1n) is 15.2. The van der Waals surface area contributed by atoms with Crippen LogP contribution in [0.1, 0.15) is 42.9 Å². The maximum atomic E-state index is 16.3. The lowest BCUT2D eigenvalue weighted by Crippen LogP contribution is -2.48. The van der Waals surface area contributed by atoms with Crippen LogP contribution in [0, 0.1) is 5.92 Å². The van der Waals surface area contributed by atoms with Crippen molar-refractivity contribution in [3.05, 3.63) is 71.8 Å². The number of hydrogen-bond donors (Lipinski definition) is 1. The fourth-order valence-corrected chi connectivity index (χ4v) is 10.5.